The molecule has 0 saturated carbocycles. The van der Waals surface area contributed by atoms with E-state index in [-0.39, 0.29) is 24.0 Å². The molecule has 0 aromatic heterocycles. The molecular formula is C23H38IN5. The zero-order valence-electron chi connectivity index (χ0n) is 18.1. The fourth-order valence-electron chi connectivity index (χ4n) is 3.87. The first-order chi connectivity index (χ1) is 13.8. The predicted octanol–water partition coefficient (Wildman–Crippen LogP) is 4.00. The number of likely N-dealkylation sites (tertiary alicyclic amines) is 1. The normalized spacial score (nSPS) is 18.0. The number of piperidine rings is 1. The Kier molecular flexibility index (Phi) is 10.8. The van der Waals surface area contributed by atoms with Crippen LogP contribution in [-0.2, 0) is 6.54 Å². The molecular weight excluding hydrogens is 473 g/mol. The smallest absolute Gasteiger partial charge is 0.191 e. The lowest BCUT2D eigenvalue weighted by atomic mass is 10.0. The van der Waals surface area contributed by atoms with Gasteiger partial charge in [-0.05, 0) is 50.4 Å². The van der Waals surface area contributed by atoms with Crippen LogP contribution in [0.25, 0.3) is 0 Å². The van der Waals surface area contributed by atoms with E-state index in [9.17, 15) is 0 Å². The molecule has 2 heterocycles. The van der Waals surface area contributed by atoms with E-state index >= 15 is 0 Å². The van der Waals surface area contributed by atoms with E-state index in [2.05, 4.69) is 70.7 Å². The molecule has 2 N–H and O–H groups in total. The van der Waals surface area contributed by atoms with Crippen molar-refractivity contribution in [3.63, 3.8) is 0 Å². The van der Waals surface area contributed by atoms with Gasteiger partial charge in [-0.15, -0.1) is 24.0 Å². The van der Waals surface area contributed by atoms with Gasteiger partial charge in [-0.2, -0.15) is 0 Å². The lowest BCUT2D eigenvalue weighted by Crippen LogP contribution is -2.48. The second-order valence-electron chi connectivity index (χ2n) is 7.85. The van der Waals surface area contributed by atoms with Gasteiger partial charge in [0.15, 0.2) is 5.96 Å². The first kappa shape index (κ1) is 24.0. The second kappa shape index (κ2) is 13.1. The van der Waals surface area contributed by atoms with Crippen molar-refractivity contribution in [2.75, 3.05) is 44.2 Å². The number of halogens is 1. The summed E-state index contributed by atoms with van der Waals surface area (Å²) < 4.78 is 0. The SMILES string of the molecule is CCCCN1CCC(NC(=NCc2ccc(N3CC=CC3)cc2)NCC)CC1.I. The number of benzene rings is 1. The Morgan fingerprint density at radius 2 is 1.76 bits per heavy atom. The van der Waals surface area contributed by atoms with Gasteiger partial charge in [0, 0.05) is 44.5 Å². The minimum Gasteiger partial charge on any atom is -0.364 e. The number of aliphatic imine (C=N–C) groups is 1. The van der Waals surface area contributed by atoms with Gasteiger partial charge < -0.3 is 20.4 Å². The lowest BCUT2D eigenvalue weighted by Gasteiger charge is -2.33. The number of anilines is 1. The van der Waals surface area contributed by atoms with E-state index in [1.54, 1.807) is 0 Å². The van der Waals surface area contributed by atoms with Crippen LogP contribution in [0.5, 0.6) is 0 Å². The summed E-state index contributed by atoms with van der Waals surface area (Å²) in [4.78, 5) is 9.80. The van der Waals surface area contributed by atoms with Gasteiger partial charge in [-0.3, -0.25) is 0 Å². The van der Waals surface area contributed by atoms with Crippen molar-refractivity contribution in [3.8, 4) is 0 Å². The van der Waals surface area contributed by atoms with Crippen LogP contribution in [-0.4, -0.2) is 56.2 Å². The molecule has 0 aliphatic carbocycles. The Hall–Kier alpha value is -1.28. The maximum Gasteiger partial charge on any atom is 0.191 e. The van der Waals surface area contributed by atoms with E-state index in [1.807, 2.05) is 0 Å². The molecule has 2 aliphatic heterocycles. The Morgan fingerprint density at radius 1 is 1.07 bits per heavy atom. The van der Waals surface area contributed by atoms with Crippen LogP contribution in [0.3, 0.4) is 0 Å². The molecule has 1 aromatic carbocycles. The number of hydrogen-bond donors (Lipinski definition) is 2. The third-order valence-corrected chi connectivity index (χ3v) is 5.64. The fraction of sp³-hybridized carbons (Fsp3) is 0.609. The Morgan fingerprint density at radius 3 is 2.38 bits per heavy atom. The lowest BCUT2D eigenvalue weighted by molar-refractivity contribution is 0.203. The van der Waals surface area contributed by atoms with Crippen molar-refractivity contribution in [3.05, 3.63) is 42.0 Å². The van der Waals surface area contributed by atoms with Crippen LogP contribution in [0.4, 0.5) is 5.69 Å². The molecule has 3 rings (SSSR count). The quantitative estimate of drug-likeness (QED) is 0.240. The van der Waals surface area contributed by atoms with Crippen LogP contribution in [0.15, 0.2) is 41.4 Å². The molecule has 0 atom stereocenters. The third kappa shape index (κ3) is 7.81. The average molecular weight is 511 g/mol. The molecule has 0 spiro atoms. The van der Waals surface area contributed by atoms with Gasteiger partial charge in [-0.1, -0.05) is 37.6 Å². The average Bonchev–Trinajstić information content (AvgIpc) is 3.27. The Bertz CT molecular complexity index is 627. The molecule has 0 bridgehead atoms. The molecule has 0 amide bonds. The molecule has 1 aromatic rings. The summed E-state index contributed by atoms with van der Waals surface area (Å²) in [7, 11) is 0. The monoisotopic (exact) mass is 511 g/mol. The molecule has 5 nitrogen and oxygen atoms in total. The molecule has 1 saturated heterocycles. The maximum atomic E-state index is 4.83. The van der Waals surface area contributed by atoms with Crippen LogP contribution in [0.1, 0.15) is 45.1 Å². The zero-order chi connectivity index (χ0) is 19.6. The van der Waals surface area contributed by atoms with E-state index in [0.717, 1.165) is 25.6 Å². The minimum atomic E-state index is 0. The Balaban J connectivity index is 0.00000300. The Labute approximate surface area is 194 Å². The van der Waals surface area contributed by atoms with Crippen molar-refractivity contribution < 1.29 is 0 Å². The van der Waals surface area contributed by atoms with Gasteiger partial charge in [0.1, 0.15) is 0 Å². The zero-order valence-corrected chi connectivity index (χ0v) is 20.4. The van der Waals surface area contributed by atoms with Crippen LogP contribution in [0, 0.1) is 0 Å². The van der Waals surface area contributed by atoms with Crippen LogP contribution < -0.4 is 15.5 Å². The standard InChI is InChI=1S/C23H37N5.HI/c1-3-5-14-27-17-12-21(13-18-27)26-23(24-4-2)25-19-20-8-10-22(11-9-20)28-15-6-7-16-28;/h6-11,21H,3-5,12-19H2,1-2H3,(H2,24,25,26);1H. The van der Waals surface area contributed by atoms with Crippen LogP contribution in [0.2, 0.25) is 0 Å². The number of nitrogens with one attached hydrogen (secondary N) is 2. The summed E-state index contributed by atoms with van der Waals surface area (Å²) in [6.07, 6.45) is 9.45. The van der Waals surface area contributed by atoms with Crippen molar-refractivity contribution in [2.45, 2.75) is 52.1 Å². The molecule has 6 heteroatoms. The summed E-state index contributed by atoms with van der Waals surface area (Å²) >= 11 is 0. The van der Waals surface area contributed by atoms with Crippen LogP contribution >= 0.6 is 24.0 Å². The van der Waals surface area contributed by atoms with Gasteiger partial charge in [0.2, 0.25) is 0 Å². The number of rotatable bonds is 8. The second-order valence-corrected chi connectivity index (χ2v) is 7.85. The molecule has 2 aliphatic rings. The topological polar surface area (TPSA) is 42.9 Å². The highest BCUT2D eigenvalue weighted by Crippen LogP contribution is 2.18. The van der Waals surface area contributed by atoms with Gasteiger partial charge >= 0.3 is 0 Å². The highest BCUT2D eigenvalue weighted by molar-refractivity contribution is 14.0. The van der Waals surface area contributed by atoms with E-state index in [1.165, 1.54) is 56.6 Å². The highest BCUT2D eigenvalue weighted by Gasteiger charge is 2.19. The molecule has 29 heavy (non-hydrogen) atoms. The van der Waals surface area contributed by atoms with E-state index < -0.39 is 0 Å². The largest absolute Gasteiger partial charge is 0.364 e. The fourth-order valence-corrected chi connectivity index (χ4v) is 3.87. The number of unbranched alkanes of at least 4 members (excludes halogenated alkanes) is 1. The first-order valence-corrected chi connectivity index (χ1v) is 11.0. The summed E-state index contributed by atoms with van der Waals surface area (Å²) in [5.74, 6) is 0.947. The highest BCUT2D eigenvalue weighted by atomic mass is 127. The number of guanidine groups is 1. The summed E-state index contributed by atoms with van der Waals surface area (Å²) in [5.41, 5.74) is 2.54. The van der Waals surface area contributed by atoms with E-state index in [4.69, 9.17) is 4.99 Å². The predicted molar refractivity (Wildman–Crippen MR) is 136 cm³/mol. The van der Waals surface area contributed by atoms with Crippen molar-refractivity contribution in [1.29, 1.82) is 0 Å². The minimum absolute atomic E-state index is 0. The number of nitrogens with zero attached hydrogens (tertiary/aromatic N) is 3. The molecule has 162 valence electrons. The van der Waals surface area contributed by atoms with Crippen molar-refractivity contribution in [1.82, 2.24) is 15.5 Å². The van der Waals surface area contributed by atoms with Gasteiger partial charge in [0.25, 0.3) is 0 Å². The summed E-state index contributed by atoms with van der Waals surface area (Å²) in [6, 6.07) is 9.36. The van der Waals surface area contributed by atoms with E-state index in [0.29, 0.717) is 12.6 Å². The van der Waals surface area contributed by atoms with Gasteiger partial charge in [-0.25, -0.2) is 4.99 Å². The first-order valence-electron chi connectivity index (χ1n) is 11.0. The number of hydrogen-bond acceptors (Lipinski definition) is 3. The summed E-state index contributed by atoms with van der Waals surface area (Å²) in [6.45, 7) is 11.7. The molecule has 0 unspecified atom stereocenters. The van der Waals surface area contributed by atoms with Gasteiger partial charge in [0.05, 0.1) is 6.54 Å². The third-order valence-electron chi connectivity index (χ3n) is 5.64. The van der Waals surface area contributed by atoms with Crippen molar-refractivity contribution in [2.24, 2.45) is 4.99 Å². The van der Waals surface area contributed by atoms with Crippen molar-refractivity contribution >= 4 is 35.6 Å². The summed E-state index contributed by atoms with van der Waals surface area (Å²) in [5, 5.41) is 7.07. The maximum absolute atomic E-state index is 4.83. The molecule has 0 radical (unpaired) electrons. The molecule has 1 fully saturated rings.